The Morgan fingerprint density at radius 3 is 2.31 bits per heavy atom. The number of nitrogens with one attached hydrogen (secondary N) is 1. The van der Waals surface area contributed by atoms with E-state index in [1.54, 1.807) is 7.11 Å². The van der Waals surface area contributed by atoms with Crippen molar-refractivity contribution >= 4 is 10.9 Å². The number of pyridine rings is 1. The predicted molar refractivity (Wildman–Crippen MR) is 153 cm³/mol. The molecule has 0 fully saturated rings. The smallest absolute Gasteiger partial charge is 0.253 e. The van der Waals surface area contributed by atoms with Gasteiger partial charge >= 0.3 is 0 Å². The fourth-order valence-electron chi connectivity index (χ4n) is 4.90. The summed E-state index contributed by atoms with van der Waals surface area (Å²) in [4.78, 5) is 19.1. The van der Waals surface area contributed by atoms with Crippen LogP contribution in [0.5, 0.6) is 5.75 Å². The number of ether oxygens (including phenoxy) is 1. The van der Waals surface area contributed by atoms with Crippen LogP contribution in [0.15, 0.2) is 83.7 Å². The SMILES string of the molecule is COc1ccc(CN(Cc2ccccc2)C(c2cc3ccc(C)cc3[nH]c2=O)c2nnnn2C(C)(C)C)cc1. The van der Waals surface area contributed by atoms with E-state index < -0.39 is 11.6 Å². The van der Waals surface area contributed by atoms with Gasteiger partial charge in [0.25, 0.3) is 5.56 Å². The van der Waals surface area contributed by atoms with Crippen molar-refractivity contribution in [3.8, 4) is 5.75 Å². The van der Waals surface area contributed by atoms with E-state index in [0.29, 0.717) is 24.5 Å². The number of hydrogen-bond acceptors (Lipinski definition) is 6. The summed E-state index contributed by atoms with van der Waals surface area (Å²) in [6.45, 7) is 9.33. The van der Waals surface area contributed by atoms with Crippen LogP contribution in [-0.4, -0.2) is 37.2 Å². The standard InChI is InChI=1S/C31H34N6O2/c1-21-11-14-24-18-26(30(38)32-27(24)17-21)28(29-33-34-35-37(29)31(2,3)4)36(19-22-9-7-6-8-10-22)20-23-12-15-25(39-5)16-13-23/h6-18,28H,19-20H2,1-5H3,(H,32,38). The molecule has 0 saturated carbocycles. The van der Waals surface area contributed by atoms with Crippen LogP contribution >= 0.6 is 0 Å². The van der Waals surface area contributed by atoms with Gasteiger partial charge in [0.2, 0.25) is 0 Å². The number of H-pyrrole nitrogens is 1. The van der Waals surface area contributed by atoms with E-state index in [1.165, 1.54) is 0 Å². The second-order valence-electron chi connectivity index (χ2n) is 10.9. The number of aromatic nitrogens is 5. The van der Waals surface area contributed by atoms with Crippen LogP contribution in [0.25, 0.3) is 10.9 Å². The minimum Gasteiger partial charge on any atom is -0.497 e. The fourth-order valence-corrected chi connectivity index (χ4v) is 4.90. The summed E-state index contributed by atoms with van der Waals surface area (Å²) in [5.41, 5.74) is 4.14. The molecule has 5 rings (SSSR count). The number of methoxy groups -OCH3 is 1. The number of rotatable bonds is 8. The highest BCUT2D eigenvalue weighted by molar-refractivity contribution is 5.79. The van der Waals surface area contributed by atoms with Crippen molar-refractivity contribution < 1.29 is 4.74 Å². The number of aromatic amines is 1. The Morgan fingerprint density at radius 1 is 0.949 bits per heavy atom. The van der Waals surface area contributed by atoms with Gasteiger partial charge in [0.05, 0.1) is 12.6 Å². The average molecular weight is 523 g/mol. The van der Waals surface area contributed by atoms with Crippen LogP contribution in [0.2, 0.25) is 0 Å². The third-order valence-electron chi connectivity index (χ3n) is 6.84. The third-order valence-corrected chi connectivity index (χ3v) is 6.84. The highest BCUT2D eigenvalue weighted by Crippen LogP contribution is 2.32. The highest BCUT2D eigenvalue weighted by Gasteiger charge is 2.33. The predicted octanol–water partition coefficient (Wildman–Crippen LogP) is 5.38. The number of benzene rings is 3. The first-order valence-electron chi connectivity index (χ1n) is 13.1. The molecule has 39 heavy (non-hydrogen) atoms. The molecular weight excluding hydrogens is 488 g/mol. The molecule has 0 saturated heterocycles. The summed E-state index contributed by atoms with van der Waals surface area (Å²) in [6, 6.07) is 25.8. The van der Waals surface area contributed by atoms with Gasteiger partial charge in [0.1, 0.15) is 11.8 Å². The van der Waals surface area contributed by atoms with E-state index in [1.807, 2.05) is 72.3 Å². The maximum Gasteiger partial charge on any atom is 0.253 e. The molecule has 0 aliphatic heterocycles. The van der Waals surface area contributed by atoms with Crippen molar-refractivity contribution in [2.75, 3.05) is 7.11 Å². The molecule has 2 aromatic heterocycles. The molecule has 5 aromatic rings. The summed E-state index contributed by atoms with van der Waals surface area (Å²) in [5.74, 6) is 1.41. The maximum atomic E-state index is 13.8. The lowest BCUT2D eigenvalue weighted by molar-refractivity contribution is 0.184. The molecule has 0 aliphatic carbocycles. The average Bonchev–Trinajstić information content (AvgIpc) is 3.40. The lowest BCUT2D eigenvalue weighted by Gasteiger charge is -2.33. The molecule has 2 heterocycles. The molecule has 8 nitrogen and oxygen atoms in total. The minimum atomic E-state index is -0.518. The van der Waals surface area contributed by atoms with Gasteiger partial charge in [-0.1, -0.05) is 54.6 Å². The molecule has 0 aliphatic rings. The Balaban J connectivity index is 1.71. The topological polar surface area (TPSA) is 88.9 Å². The number of aryl methyl sites for hydroxylation is 1. The van der Waals surface area contributed by atoms with Crippen molar-refractivity contribution in [2.45, 2.75) is 52.4 Å². The van der Waals surface area contributed by atoms with Crippen LogP contribution < -0.4 is 10.3 Å². The third kappa shape index (κ3) is 5.76. The largest absolute Gasteiger partial charge is 0.497 e. The first-order valence-corrected chi connectivity index (χ1v) is 13.1. The molecule has 200 valence electrons. The summed E-state index contributed by atoms with van der Waals surface area (Å²) in [5, 5.41) is 13.9. The lowest BCUT2D eigenvalue weighted by atomic mass is 9.99. The van der Waals surface area contributed by atoms with E-state index in [9.17, 15) is 4.79 Å². The Kier molecular flexibility index (Phi) is 7.30. The molecule has 0 radical (unpaired) electrons. The van der Waals surface area contributed by atoms with Crippen LogP contribution in [0.4, 0.5) is 0 Å². The van der Waals surface area contributed by atoms with Gasteiger partial charge < -0.3 is 9.72 Å². The van der Waals surface area contributed by atoms with Crippen molar-refractivity contribution in [1.82, 2.24) is 30.1 Å². The van der Waals surface area contributed by atoms with Gasteiger partial charge in [-0.05, 0) is 84.5 Å². The minimum absolute atomic E-state index is 0.158. The number of fused-ring (bicyclic) bond motifs is 1. The Morgan fingerprint density at radius 2 is 1.64 bits per heavy atom. The molecule has 3 aromatic carbocycles. The molecule has 1 unspecified atom stereocenters. The molecule has 1 atom stereocenters. The molecule has 1 N–H and O–H groups in total. The van der Waals surface area contributed by atoms with Crippen molar-refractivity contribution in [2.24, 2.45) is 0 Å². The summed E-state index contributed by atoms with van der Waals surface area (Å²) >= 11 is 0. The second kappa shape index (κ2) is 10.8. The maximum absolute atomic E-state index is 13.8. The second-order valence-corrected chi connectivity index (χ2v) is 10.9. The molecule has 0 spiro atoms. The molecule has 0 bridgehead atoms. The molecule has 8 heteroatoms. The van der Waals surface area contributed by atoms with Gasteiger partial charge in [-0.3, -0.25) is 9.69 Å². The molecule has 0 amide bonds. The highest BCUT2D eigenvalue weighted by atomic mass is 16.5. The van der Waals surface area contributed by atoms with Crippen LogP contribution in [0.3, 0.4) is 0 Å². The molecular formula is C31H34N6O2. The van der Waals surface area contributed by atoms with Gasteiger partial charge in [0.15, 0.2) is 5.82 Å². The van der Waals surface area contributed by atoms with Gasteiger partial charge in [-0.25, -0.2) is 4.68 Å². The zero-order valence-corrected chi connectivity index (χ0v) is 23.0. The van der Waals surface area contributed by atoms with E-state index >= 15 is 0 Å². The zero-order valence-electron chi connectivity index (χ0n) is 23.0. The van der Waals surface area contributed by atoms with E-state index in [-0.39, 0.29) is 5.56 Å². The lowest BCUT2D eigenvalue weighted by Crippen LogP contribution is -2.37. The first-order chi connectivity index (χ1) is 18.7. The van der Waals surface area contributed by atoms with E-state index in [0.717, 1.165) is 33.3 Å². The van der Waals surface area contributed by atoms with E-state index in [2.05, 4.69) is 64.4 Å². The Labute approximate surface area is 228 Å². The van der Waals surface area contributed by atoms with Crippen molar-refractivity contribution in [3.05, 3.63) is 117 Å². The zero-order chi connectivity index (χ0) is 27.6. The van der Waals surface area contributed by atoms with Crippen LogP contribution in [0.1, 0.15) is 54.9 Å². The normalized spacial score (nSPS) is 12.7. The monoisotopic (exact) mass is 522 g/mol. The number of nitrogens with zero attached hydrogens (tertiary/aromatic N) is 5. The number of tetrazole rings is 1. The fraction of sp³-hybridized carbons (Fsp3) is 0.290. The summed E-state index contributed by atoms with van der Waals surface area (Å²) in [7, 11) is 1.66. The van der Waals surface area contributed by atoms with E-state index in [4.69, 9.17) is 4.74 Å². The van der Waals surface area contributed by atoms with Gasteiger partial charge in [-0.15, -0.1) is 5.10 Å². The van der Waals surface area contributed by atoms with Crippen molar-refractivity contribution in [3.63, 3.8) is 0 Å². The van der Waals surface area contributed by atoms with Crippen molar-refractivity contribution in [1.29, 1.82) is 0 Å². The summed E-state index contributed by atoms with van der Waals surface area (Å²) in [6.07, 6.45) is 0. The Bertz CT molecular complexity index is 1620. The Hall–Kier alpha value is -4.30. The van der Waals surface area contributed by atoms with Gasteiger partial charge in [-0.2, -0.15) is 0 Å². The van der Waals surface area contributed by atoms with Crippen LogP contribution in [0, 0.1) is 6.92 Å². The quantitative estimate of drug-likeness (QED) is 0.294. The number of hydrogen-bond donors (Lipinski definition) is 1. The first kappa shape index (κ1) is 26.3. The summed E-state index contributed by atoms with van der Waals surface area (Å²) < 4.78 is 7.20. The van der Waals surface area contributed by atoms with Crippen LogP contribution in [-0.2, 0) is 18.6 Å². The van der Waals surface area contributed by atoms with Gasteiger partial charge in [0, 0.05) is 24.2 Å².